The largest absolute Gasteiger partial charge is 0.394 e. The number of rotatable bonds is 2. The number of aromatic amines is 1. The number of H-pyrrole nitrogens is 1. The number of nitrogen functional groups attached to an aromatic ring is 1. The van der Waals surface area contributed by atoms with Crippen molar-refractivity contribution in [1.82, 2.24) is 10.2 Å². The third kappa shape index (κ3) is 1.71. The van der Waals surface area contributed by atoms with Crippen molar-refractivity contribution in [2.24, 2.45) is 5.92 Å². The lowest BCUT2D eigenvalue weighted by Crippen LogP contribution is -2.21. The number of carbonyl (C=O) groups excluding carboxylic acids is 1. The van der Waals surface area contributed by atoms with E-state index in [-0.39, 0.29) is 11.8 Å². The van der Waals surface area contributed by atoms with Gasteiger partial charge in [0.25, 0.3) is 0 Å². The van der Waals surface area contributed by atoms with Gasteiger partial charge in [-0.15, -0.1) is 0 Å². The van der Waals surface area contributed by atoms with E-state index in [4.69, 9.17) is 5.73 Å². The van der Waals surface area contributed by atoms with E-state index in [9.17, 15) is 4.79 Å². The smallest absolute Gasteiger partial charge is 0.228 e. The van der Waals surface area contributed by atoms with Crippen molar-refractivity contribution < 1.29 is 4.79 Å². The predicted octanol–water partition coefficient (Wildman–Crippen LogP) is 1.12. The lowest BCUT2D eigenvalue weighted by atomic mass is 10.1. The van der Waals surface area contributed by atoms with Crippen molar-refractivity contribution in [1.29, 1.82) is 0 Å². The van der Waals surface area contributed by atoms with Crippen LogP contribution in [-0.2, 0) is 4.79 Å². The Kier molecular flexibility index (Phi) is 2.39. The summed E-state index contributed by atoms with van der Waals surface area (Å²) in [5, 5.41) is 9.14. The minimum absolute atomic E-state index is 0.0541. The van der Waals surface area contributed by atoms with Crippen LogP contribution >= 0.6 is 0 Å². The van der Waals surface area contributed by atoms with Gasteiger partial charge in [-0.3, -0.25) is 9.89 Å². The maximum absolute atomic E-state index is 11.7. The SMILES string of the molecule is Nc1cn[nH]c1NC(=O)C1CCCC1. The summed E-state index contributed by atoms with van der Waals surface area (Å²) >= 11 is 0. The van der Waals surface area contributed by atoms with Crippen LogP contribution in [0.3, 0.4) is 0 Å². The Morgan fingerprint density at radius 2 is 2.29 bits per heavy atom. The van der Waals surface area contributed by atoms with E-state index in [1.165, 1.54) is 6.20 Å². The molecule has 14 heavy (non-hydrogen) atoms. The number of hydrogen-bond acceptors (Lipinski definition) is 3. The summed E-state index contributed by atoms with van der Waals surface area (Å²) < 4.78 is 0. The molecule has 5 heteroatoms. The molecule has 0 spiro atoms. The van der Waals surface area contributed by atoms with Crippen molar-refractivity contribution in [2.75, 3.05) is 11.1 Å². The Morgan fingerprint density at radius 1 is 1.57 bits per heavy atom. The van der Waals surface area contributed by atoms with Gasteiger partial charge < -0.3 is 11.1 Å². The highest BCUT2D eigenvalue weighted by Gasteiger charge is 2.23. The molecule has 1 aromatic heterocycles. The molecule has 1 fully saturated rings. The Hall–Kier alpha value is -1.52. The van der Waals surface area contributed by atoms with Crippen LogP contribution in [0.1, 0.15) is 25.7 Å². The molecule has 1 aromatic rings. The quantitative estimate of drug-likeness (QED) is 0.659. The predicted molar refractivity (Wildman–Crippen MR) is 53.6 cm³/mol. The number of anilines is 2. The number of aromatic nitrogens is 2. The monoisotopic (exact) mass is 194 g/mol. The summed E-state index contributed by atoms with van der Waals surface area (Å²) in [6.07, 6.45) is 5.76. The zero-order chi connectivity index (χ0) is 9.97. The van der Waals surface area contributed by atoms with Crippen molar-refractivity contribution >= 4 is 17.4 Å². The summed E-state index contributed by atoms with van der Waals surface area (Å²) in [6, 6.07) is 0. The second-order valence-corrected chi connectivity index (χ2v) is 3.67. The summed E-state index contributed by atoms with van der Waals surface area (Å²) in [6.45, 7) is 0. The molecule has 1 amide bonds. The van der Waals surface area contributed by atoms with Crippen molar-refractivity contribution in [3.8, 4) is 0 Å². The molecule has 0 radical (unpaired) electrons. The number of nitrogens with one attached hydrogen (secondary N) is 2. The Bertz CT molecular complexity index is 327. The molecule has 1 heterocycles. The third-order valence-corrected chi connectivity index (χ3v) is 2.64. The molecule has 1 saturated carbocycles. The van der Waals surface area contributed by atoms with Crippen LogP contribution in [0.5, 0.6) is 0 Å². The van der Waals surface area contributed by atoms with Gasteiger partial charge in [-0.05, 0) is 12.8 Å². The second-order valence-electron chi connectivity index (χ2n) is 3.67. The average molecular weight is 194 g/mol. The van der Waals surface area contributed by atoms with Gasteiger partial charge in [0.1, 0.15) is 0 Å². The van der Waals surface area contributed by atoms with Gasteiger partial charge in [-0.25, -0.2) is 0 Å². The first kappa shape index (κ1) is 9.05. The first-order valence-electron chi connectivity index (χ1n) is 4.87. The molecule has 0 aliphatic heterocycles. The van der Waals surface area contributed by atoms with E-state index < -0.39 is 0 Å². The van der Waals surface area contributed by atoms with E-state index in [1.807, 2.05) is 0 Å². The molecule has 1 aliphatic carbocycles. The zero-order valence-corrected chi connectivity index (χ0v) is 7.92. The summed E-state index contributed by atoms with van der Waals surface area (Å²) in [5.74, 6) is 0.720. The van der Waals surface area contributed by atoms with Crippen LogP contribution < -0.4 is 11.1 Å². The fraction of sp³-hybridized carbons (Fsp3) is 0.556. The standard InChI is InChI=1S/C9H14N4O/c10-7-5-11-13-8(7)12-9(14)6-3-1-2-4-6/h5-6H,1-4,10H2,(H2,11,12,13,14). The van der Waals surface area contributed by atoms with E-state index in [1.54, 1.807) is 0 Å². The highest BCUT2D eigenvalue weighted by molar-refractivity contribution is 5.94. The normalized spacial score (nSPS) is 17.1. The van der Waals surface area contributed by atoms with Crippen molar-refractivity contribution in [3.63, 3.8) is 0 Å². The Morgan fingerprint density at radius 3 is 2.86 bits per heavy atom. The van der Waals surface area contributed by atoms with Gasteiger partial charge in [0.2, 0.25) is 5.91 Å². The maximum Gasteiger partial charge on any atom is 0.228 e. The fourth-order valence-electron chi connectivity index (χ4n) is 1.81. The number of amides is 1. The van der Waals surface area contributed by atoms with E-state index in [2.05, 4.69) is 15.5 Å². The van der Waals surface area contributed by atoms with Gasteiger partial charge >= 0.3 is 0 Å². The second kappa shape index (κ2) is 3.69. The average Bonchev–Trinajstić information content (AvgIpc) is 2.77. The summed E-state index contributed by atoms with van der Waals surface area (Å²) in [7, 11) is 0. The van der Waals surface area contributed by atoms with Crippen LogP contribution in [0.25, 0.3) is 0 Å². The molecular weight excluding hydrogens is 180 g/mol. The van der Waals surface area contributed by atoms with Gasteiger partial charge in [-0.1, -0.05) is 12.8 Å². The summed E-state index contributed by atoms with van der Waals surface area (Å²) in [5.41, 5.74) is 6.06. The third-order valence-electron chi connectivity index (χ3n) is 2.64. The lowest BCUT2D eigenvalue weighted by Gasteiger charge is -2.08. The van der Waals surface area contributed by atoms with Crippen LogP contribution in [0.15, 0.2) is 6.20 Å². The minimum Gasteiger partial charge on any atom is -0.394 e. The molecule has 1 aliphatic rings. The Labute approximate surface area is 82.1 Å². The molecule has 4 N–H and O–H groups in total. The van der Waals surface area contributed by atoms with E-state index in [0.717, 1.165) is 25.7 Å². The molecular formula is C9H14N4O. The number of carbonyl (C=O) groups is 1. The number of nitrogens with two attached hydrogens (primary N) is 1. The molecule has 0 saturated heterocycles. The van der Waals surface area contributed by atoms with Gasteiger partial charge in [-0.2, -0.15) is 5.10 Å². The fourth-order valence-corrected chi connectivity index (χ4v) is 1.81. The summed E-state index contributed by atoms with van der Waals surface area (Å²) in [4.78, 5) is 11.7. The van der Waals surface area contributed by atoms with Gasteiger partial charge in [0.05, 0.1) is 11.9 Å². The molecule has 0 atom stereocenters. The highest BCUT2D eigenvalue weighted by atomic mass is 16.2. The van der Waals surface area contributed by atoms with Crippen LogP contribution in [0.4, 0.5) is 11.5 Å². The molecule has 0 bridgehead atoms. The maximum atomic E-state index is 11.7. The molecule has 76 valence electrons. The molecule has 0 unspecified atom stereocenters. The molecule has 5 nitrogen and oxygen atoms in total. The topological polar surface area (TPSA) is 83.8 Å². The van der Waals surface area contributed by atoms with E-state index >= 15 is 0 Å². The van der Waals surface area contributed by atoms with Gasteiger partial charge in [0.15, 0.2) is 5.82 Å². The minimum atomic E-state index is 0.0541. The van der Waals surface area contributed by atoms with Crippen molar-refractivity contribution in [2.45, 2.75) is 25.7 Å². The van der Waals surface area contributed by atoms with Crippen LogP contribution in [0.2, 0.25) is 0 Å². The first-order valence-corrected chi connectivity index (χ1v) is 4.87. The number of hydrogen-bond donors (Lipinski definition) is 3. The van der Waals surface area contributed by atoms with Crippen molar-refractivity contribution in [3.05, 3.63) is 6.20 Å². The molecule has 2 rings (SSSR count). The number of nitrogens with zero attached hydrogens (tertiary/aromatic N) is 1. The zero-order valence-electron chi connectivity index (χ0n) is 7.92. The lowest BCUT2D eigenvalue weighted by molar-refractivity contribution is -0.119. The first-order chi connectivity index (χ1) is 6.77. The highest BCUT2D eigenvalue weighted by Crippen LogP contribution is 2.26. The van der Waals surface area contributed by atoms with Crippen LogP contribution in [0, 0.1) is 5.92 Å². The molecule has 0 aromatic carbocycles. The van der Waals surface area contributed by atoms with E-state index in [0.29, 0.717) is 11.5 Å². The Balaban J connectivity index is 1.97. The van der Waals surface area contributed by atoms with Crippen LogP contribution in [-0.4, -0.2) is 16.1 Å². The van der Waals surface area contributed by atoms with Gasteiger partial charge in [0, 0.05) is 5.92 Å².